The van der Waals surface area contributed by atoms with Crippen LogP contribution in [0.3, 0.4) is 0 Å². The fourth-order valence-electron chi connectivity index (χ4n) is 5.07. The van der Waals surface area contributed by atoms with Crippen molar-refractivity contribution in [2.45, 2.75) is 70.3 Å². The van der Waals surface area contributed by atoms with Crippen molar-refractivity contribution < 1.29 is 23.2 Å². The van der Waals surface area contributed by atoms with Gasteiger partial charge in [-0.25, -0.2) is 9.18 Å². The van der Waals surface area contributed by atoms with E-state index in [-0.39, 0.29) is 41.5 Å². The Morgan fingerprint density at radius 1 is 1.14 bits per heavy atom. The Bertz CT molecular complexity index is 1430. The minimum Gasteiger partial charge on any atom is -0.462 e. The van der Waals surface area contributed by atoms with Gasteiger partial charge in [-0.1, -0.05) is 17.3 Å². The van der Waals surface area contributed by atoms with Gasteiger partial charge in [0.25, 0.3) is 5.56 Å². The normalized spacial score (nSPS) is 18.2. The molecule has 10 heteroatoms. The molecule has 0 unspecified atom stereocenters. The molecule has 0 saturated heterocycles. The summed E-state index contributed by atoms with van der Waals surface area (Å²) >= 11 is 0. The number of H-pyrrole nitrogens is 1. The SMILES string of the molecule is O=C(CC1CCC(=NOc2nc3oc(=O)cc(Cc4cccc(F)c4)c3c(=O)[nH]2)CC1)OC1CCCC1. The van der Waals surface area contributed by atoms with Gasteiger partial charge in [-0.3, -0.25) is 14.6 Å². The average Bonchev–Trinajstić information content (AvgIpc) is 3.36. The highest BCUT2D eigenvalue weighted by atomic mass is 19.1. The summed E-state index contributed by atoms with van der Waals surface area (Å²) in [6.07, 6.45) is 7.74. The number of ether oxygens (including phenoxy) is 1. The largest absolute Gasteiger partial charge is 0.462 e. The van der Waals surface area contributed by atoms with Crippen LogP contribution in [0, 0.1) is 11.7 Å². The Kier molecular flexibility index (Phi) is 7.43. The van der Waals surface area contributed by atoms with Crippen LogP contribution in [0.15, 0.2) is 49.5 Å². The summed E-state index contributed by atoms with van der Waals surface area (Å²) in [5, 5.41) is 4.22. The summed E-state index contributed by atoms with van der Waals surface area (Å²) in [6, 6.07) is 6.92. The number of nitrogens with one attached hydrogen (secondary N) is 1. The average molecular weight is 510 g/mol. The first-order valence-corrected chi connectivity index (χ1v) is 12.7. The van der Waals surface area contributed by atoms with E-state index in [2.05, 4.69) is 15.1 Å². The van der Waals surface area contributed by atoms with Crippen LogP contribution < -0.4 is 16.0 Å². The van der Waals surface area contributed by atoms with E-state index in [1.54, 1.807) is 12.1 Å². The number of benzene rings is 1. The highest BCUT2D eigenvalue weighted by molar-refractivity contribution is 5.85. The Morgan fingerprint density at radius 3 is 2.68 bits per heavy atom. The summed E-state index contributed by atoms with van der Waals surface area (Å²) < 4.78 is 24.3. The summed E-state index contributed by atoms with van der Waals surface area (Å²) in [5.74, 6) is -0.286. The minimum absolute atomic E-state index is 0.0834. The van der Waals surface area contributed by atoms with Gasteiger partial charge in [0.2, 0.25) is 5.71 Å². The van der Waals surface area contributed by atoms with Gasteiger partial charge in [-0.05, 0) is 87.0 Å². The number of oxime groups is 1. The van der Waals surface area contributed by atoms with Gasteiger partial charge in [0, 0.05) is 12.5 Å². The highest BCUT2D eigenvalue weighted by Crippen LogP contribution is 2.28. The zero-order valence-electron chi connectivity index (χ0n) is 20.3. The second-order valence-electron chi connectivity index (χ2n) is 9.74. The summed E-state index contributed by atoms with van der Waals surface area (Å²) in [4.78, 5) is 49.1. The molecule has 2 aliphatic rings. The third kappa shape index (κ3) is 6.31. The predicted octanol–water partition coefficient (Wildman–Crippen LogP) is 4.41. The molecule has 194 valence electrons. The van der Waals surface area contributed by atoms with Crippen molar-refractivity contribution in [3.05, 3.63) is 68.0 Å². The fourth-order valence-corrected chi connectivity index (χ4v) is 5.07. The van der Waals surface area contributed by atoms with E-state index >= 15 is 0 Å². The van der Waals surface area contributed by atoms with E-state index in [4.69, 9.17) is 14.0 Å². The molecule has 37 heavy (non-hydrogen) atoms. The first kappa shape index (κ1) is 24.9. The van der Waals surface area contributed by atoms with Gasteiger partial charge >= 0.3 is 17.6 Å². The van der Waals surface area contributed by atoms with Crippen LogP contribution >= 0.6 is 0 Å². The van der Waals surface area contributed by atoms with Crippen LogP contribution in [0.5, 0.6) is 6.01 Å². The van der Waals surface area contributed by atoms with Crippen LogP contribution in [0.25, 0.3) is 11.1 Å². The maximum atomic E-state index is 13.6. The number of fused-ring (bicyclic) bond motifs is 1. The van der Waals surface area contributed by atoms with Crippen LogP contribution in [0.4, 0.5) is 4.39 Å². The number of aromatic amines is 1. The summed E-state index contributed by atoms with van der Waals surface area (Å²) in [6.45, 7) is 0. The van der Waals surface area contributed by atoms with E-state index < -0.39 is 17.0 Å². The third-order valence-electron chi connectivity index (χ3n) is 6.96. The molecule has 0 spiro atoms. The van der Waals surface area contributed by atoms with Gasteiger partial charge in [0.1, 0.15) is 17.3 Å². The maximum Gasteiger partial charge on any atom is 0.337 e. The van der Waals surface area contributed by atoms with E-state index in [0.717, 1.165) is 44.2 Å². The van der Waals surface area contributed by atoms with Crippen LogP contribution in [-0.4, -0.2) is 27.8 Å². The molecule has 5 rings (SSSR count). The molecule has 2 aromatic heterocycles. The molecular formula is C27H28FN3O6. The van der Waals surface area contributed by atoms with Gasteiger partial charge < -0.3 is 14.0 Å². The Labute approximate surface area is 211 Å². The molecule has 2 fully saturated rings. The smallest absolute Gasteiger partial charge is 0.337 e. The predicted molar refractivity (Wildman–Crippen MR) is 133 cm³/mol. The molecule has 0 bridgehead atoms. The zero-order chi connectivity index (χ0) is 25.8. The van der Waals surface area contributed by atoms with Crippen LogP contribution in [0.2, 0.25) is 0 Å². The lowest BCUT2D eigenvalue weighted by atomic mass is 9.86. The topological polar surface area (TPSA) is 124 Å². The van der Waals surface area contributed by atoms with Crippen molar-refractivity contribution >= 4 is 22.8 Å². The number of aromatic nitrogens is 2. The number of nitrogens with zero attached hydrogens (tertiary/aromatic N) is 2. The molecule has 2 heterocycles. The Hall–Kier alpha value is -3.82. The van der Waals surface area contributed by atoms with Crippen LogP contribution in [-0.2, 0) is 16.0 Å². The number of carbonyl (C=O) groups is 1. The standard InChI is InChI=1S/C27H28FN3O6/c28-19-5-3-4-17(13-19)12-18-15-23(33)36-26-24(18)25(34)29-27(30-26)37-31-20-10-8-16(9-11-20)14-22(32)35-21-6-1-2-7-21/h3-5,13,15-16,21H,1-2,6-12,14H2,(H,29,30,34). The number of rotatable bonds is 7. The lowest BCUT2D eigenvalue weighted by molar-refractivity contribution is -0.150. The quantitative estimate of drug-likeness (QED) is 0.370. The van der Waals surface area contributed by atoms with Gasteiger partial charge in [0.15, 0.2) is 0 Å². The molecule has 0 amide bonds. The maximum absolute atomic E-state index is 13.6. The van der Waals surface area contributed by atoms with Crippen molar-refractivity contribution in [1.82, 2.24) is 9.97 Å². The molecule has 0 radical (unpaired) electrons. The second kappa shape index (κ2) is 11.1. The van der Waals surface area contributed by atoms with Crippen molar-refractivity contribution in [1.29, 1.82) is 0 Å². The number of hydrogen-bond donors (Lipinski definition) is 1. The van der Waals surface area contributed by atoms with Crippen molar-refractivity contribution in [3.63, 3.8) is 0 Å². The number of hydrogen-bond acceptors (Lipinski definition) is 8. The van der Waals surface area contributed by atoms with Gasteiger partial charge in [-0.15, -0.1) is 0 Å². The van der Waals surface area contributed by atoms with E-state index in [0.29, 0.717) is 30.4 Å². The lowest BCUT2D eigenvalue weighted by Gasteiger charge is -2.22. The molecule has 1 aromatic carbocycles. The fraction of sp³-hybridized carbons (Fsp3) is 0.444. The molecule has 0 atom stereocenters. The van der Waals surface area contributed by atoms with E-state index in [9.17, 15) is 18.8 Å². The molecule has 9 nitrogen and oxygen atoms in total. The monoisotopic (exact) mass is 509 g/mol. The molecule has 1 N–H and O–H groups in total. The van der Waals surface area contributed by atoms with E-state index in [1.807, 2.05) is 0 Å². The van der Waals surface area contributed by atoms with Crippen molar-refractivity contribution in [2.75, 3.05) is 0 Å². The van der Waals surface area contributed by atoms with Crippen molar-refractivity contribution in [3.8, 4) is 6.01 Å². The first-order valence-electron chi connectivity index (χ1n) is 12.7. The summed E-state index contributed by atoms with van der Waals surface area (Å²) in [7, 11) is 0. The zero-order valence-corrected chi connectivity index (χ0v) is 20.3. The first-order chi connectivity index (χ1) is 17.9. The number of esters is 1. The molecular weight excluding hydrogens is 481 g/mol. The summed E-state index contributed by atoms with van der Waals surface area (Å²) in [5.41, 5.74) is 0.347. The van der Waals surface area contributed by atoms with E-state index in [1.165, 1.54) is 18.2 Å². The van der Waals surface area contributed by atoms with Gasteiger partial charge in [-0.2, -0.15) is 4.98 Å². The molecule has 0 aliphatic heterocycles. The molecule has 2 saturated carbocycles. The third-order valence-corrected chi connectivity index (χ3v) is 6.96. The highest BCUT2D eigenvalue weighted by Gasteiger charge is 2.25. The Morgan fingerprint density at radius 2 is 1.92 bits per heavy atom. The van der Waals surface area contributed by atoms with Crippen molar-refractivity contribution in [2.24, 2.45) is 11.1 Å². The number of carbonyl (C=O) groups excluding carboxylic acids is 1. The van der Waals surface area contributed by atoms with Gasteiger partial charge in [0.05, 0.1) is 5.71 Å². The minimum atomic E-state index is -0.681. The lowest BCUT2D eigenvalue weighted by Crippen LogP contribution is -2.21. The second-order valence-corrected chi connectivity index (χ2v) is 9.74. The van der Waals surface area contributed by atoms with Crippen LogP contribution in [0.1, 0.15) is 68.9 Å². The number of halogens is 1. The molecule has 2 aliphatic carbocycles. The Balaban J connectivity index is 1.23. The molecule has 3 aromatic rings.